The van der Waals surface area contributed by atoms with Crippen molar-refractivity contribution in [2.45, 2.75) is 25.8 Å². The first-order chi connectivity index (χ1) is 9.72. The van der Waals surface area contributed by atoms with Gasteiger partial charge in [0.1, 0.15) is 11.3 Å². The molecule has 2 aromatic rings. The fourth-order valence-electron chi connectivity index (χ4n) is 2.86. The molecule has 2 heterocycles. The Labute approximate surface area is 118 Å². The van der Waals surface area contributed by atoms with Gasteiger partial charge in [0, 0.05) is 18.2 Å². The minimum absolute atomic E-state index is 0.0862. The van der Waals surface area contributed by atoms with Crippen molar-refractivity contribution in [3.8, 4) is 0 Å². The fourth-order valence-corrected chi connectivity index (χ4v) is 2.86. The van der Waals surface area contributed by atoms with Gasteiger partial charge in [-0.05, 0) is 19.1 Å². The largest absolute Gasteiger partial charge is 0.459 e. The molecule has 0 aliphatic carbocycles. The number of hydrogen-bond acceptors (Lipinski definition) is 2. The van der Waals surface area contributed by atoms with Gasteiger partial charge in [0.2, 0.25) is 0 Å². The van der Waals surface area contributed by atoms with E-state index in [0.29, 0.717) is 6.54 Å². The average molecular weight is 273 g/mol. The molecule has 1 aromatic heterocycles. The van der Waals surface area contributed by atoms with Crippen LogP contribution in [0.1, 0.15) is 31.6 Å². The van der Waals surface area contributed by atoms with Crippen molar-refractivity contribution < 1.29 is 14.1 Å². The standard InChI is InChI=1S/C16H20N2O2/c1-12(17-16(19)11-18-8-4-5-9-18)15-10-13-6-2-3-7-14(13)20-15/h2-3,6-7,10,12H,4-5,8-9,11H2,1H3,(H,17,19)/p+1/t12-/m0/s1. The Balaban J connectivity index is 1.62. The van der Waals surface area contributed by atoms with Gasteiger partial charge in [0.25, 0.3) is 5.91 Å². The van der Waals surface area contributed by atoms with E-state index in [2.05, 4.69) is 5.32 Å². The summed E-state index contributed by atoms with van der Waals surface area (Å²) < 4.78 is 5.78. The molecule has 2 N–H and O–H groups in total. The summed E-state index contributed by atoms with van der Waals surface area (Å²) in [5.74, 6) is 0.922. The molecule has 4 heteroatoms. The third-order valence-corrected chi connectivity index (χ3v) is 3.97. The number of amides is 1. The zero-order valence-electron chi connectivity index (χ0n) is 11.8. The average Bonchev–Trinajstić information content (AvgIpc) is 3.06. The second kappa shape index (κ2) is 5.67. The van der Waals surface area contributed by atoms with Crippen LogP contribution in [0, 0.1) is 0 Å². The van der Waals surface area contributed by atoms with E-state index in [1.54, 1.807) is 0 Å². The highest BCUT2D eigenvalue weighted by molar-refractivity contribution is 5.79. The van der Waals surface area contributed by atoms with Gasteiger partial charge >= 0.3 is 0 Å². The summed E-state index contributed by atoms with van der Waals surface area (Å²) >= 11 is 0. The Morgan fingerprint density at radius 2 is 2.10 bits per heavy atom. The van der Waals surface area contributed by atoms with Crippen LogP contribution in [0.5, 0.6) is 0 Å². The highest BCUT2D eigenvalue weighted by Crippen LogP contribution is 2.23. The highest BCUT2D eigenvalue weighted by Gasteiger charge is 2.21. The third kappa shape index (κ3) is 2.85. The van der Waals surface area contributed by atoms with Gasteiger partial charge < -0.3 is 14.6 Å². The van der Waals surface area contributed by atoms with Gasteiger partial charge in [0.15, 0.2) is 6.54 Å². The van der Waals surface area contributed by atoms with Crippen molar-refractivity contribution in [2.24, 2.45) is 0 Å². The van der Waals surface area contributed by atoms with E-state index < -0.39 is 0 Å². The Kier molecular flexibility index (Phi) is 3.74. The lowest BCUT2D eigenvalue weighted by Crippen LogP contribution is -3.11. The van der Waals surface area contributed by atoms with Gasteiger partial charge in [-0.15, -0.1) is 0 Å². The Bertz CT molecular complexity index is 566. The predicted octanol–water partition coefficient (Wildman–Crippen LogP) is 1.29. The molecule has 3 rings (SSSR count). The molecular weight excluding hydrogens is 252 g/mol. The van der Waals surface area contributed by atoms with Crippen molar-refractivity contribution >= 4 is 16.9 Å². The monoisotopic (exact) mass is 273 g/mol. The maximum atomic E-state index is 12.0. The Hall–Kier alpha value is -1.81. The molecule has 20 heavy (non-hydrogen) atoms. The summed E-state index contributed by atoms with van der Waals surface area (Å²) in [6.45, 7) is 4.78. The number of benzene rings is 1. The molecule has 1 aliphatic rings. The van der Waals surface area contributed by atoms with E-state index in [9.17, 15) is 4.79 Å². The maximum Gasteiger partial charge on any atom is 0.275 e. The molecule has 0 saturated carbocycles. The first-order valence-electron chi connectivity index (χ1n) is 7.34. The van der Waals surface area contributed by atoms with Gasteiger partial charge in [-0.2, -0.15) is 0 Å². The number of hydrogen-bond donors (Lipinski definition) is 2. The second-order valence-electron chi connectivity index (χ2n) is 5.61. The lowest BCUT2D eigenvalue weighted by Gasteiger charge is -2.14. The molecule has 1 aromatic carbocycles. The lowest BCUT2D eigenvalue weighted by molar-refractivity contribution is -0.879. The maximum absolute atomic E-state index is 12.0. The van der Waals surface area contributed by atoms with Gasteiger partial charge in [-0.25, -0.2) is 0 Å². The number of nitrogens with one attached hydrogen (secondary N) is 2. The van der Waals surface area contributed by atoms with Crippen LogP contribution in [0.2, 0.25) is 0 Å². The summed E-state index contributed by atoms with van der Waals surface area (Å²) in [6.07, 6.45) is 2.48. The number of quaternary nitrogens is 1. The van der Waals surface area contributed by atoms with Crippen LogP contribution < -0.4 is 10.2 Å². The summed E-state index contributed by atoms with van der Waals surface area (Å²) in [4.78, 5) is 13.4. The van der Waals surface area contributed by atoms with E-state index in [-0.39, 0.29) is 11.9 Å². The molecule has 0 bridgehead atoms. The molecular formula is C16H21N2O2+. The summed E-state index contributed by atoms with van der Waals surface area (Å²) in [7, 11) is 0. The number of furan rings is 1. The summed E-state index contributed by atoms with van der Waals surface area (Å²) in [5, 5.41) is 4.11. The first kappa shape index (κ1) is 13.2. The normalized spacial score (nSPS) is 17.4. The molecule has 1 saturated heterocycles. The van der Waals surface area contributed by atoms with Crippen molar-refractivity contribution in [3.63, 3.8) is 0 Å². The van der Waals surface area contributed by atoms with Crippen molar-refractivity contribution in [1.82, 2.24) is 5.32 Å². The minimum atomic E-state index is -0.0862. The number of likely N-dealkylation sites (tertiary alicyclic amines) is 1. The number of fused-ring (bicyclic) bond motifs is 1. The predicted molar refractivity (Wildman–Crippen MR) is 77.6 cm³/mol. The van der Waals surface area contributed by atoms with Crippen LogP contribution in [-0.4, -0.2) is 25.5 Å². The van der Waals surface area contributed by atoms with Crippen LogP contribution in [0.4, 0.5) is 0 Å². The van der Waals surface area contributed by atoms with Crippen LogP contribution >= 0.6 is 0 Å². The van der Waals surface area contributed by atoms with Crippen molar-refractivity contribution in [2.75, 3.05) is 19.6 Å². The van der Waals surface area contributed by atoms with Crippen molar-refractivity contribution in [1.29, 1.82) is 0 Å². The topological polar surface area (TPSA) is 46.7 Å². The van der Waals surface area contributed by atoms with E-state index in [4.69, 9.17) is 4.42 Å². The zero-order valence-corrected chi connectivity index (χ0v) is 11.8. The smallest absolute Gasteiger partial charge is 0.275 e. The molecule has 0 radical (unpaired) electrons. The number of para-hydroxylation sites is 1. The van der Waals surface area contributed by atoms with Crippen LogP contribution in [0.3, 0.4) is 0 Å². The number of carbonyl (C=O) groups is 1. The Morgan fingerprint density at radius 1 is 1.35 bits per heavy atom. The lowest BCUT2D eigenvalue weighted by atomic mass is 10.2. The van der Waals surface area contributed by atoms with E-state index >= 15 is 0 Å². The fraction of sp³-hybridized carbons (Fsp3) is 0.438. The van der Waals surface area contributed by atoms with E-state index in [1.807, 2.05) is 37.3 Å². The number of rotatable bonds is 4. The molecule has 106 valence electrons. The molecule has 1 aliphatic heterocycles. The van der Waals surface area contributed by atoms with Crippen LogP contribution in [-0.2, 0) is 4.79 Å². The minimum Gasteiger partial charge on any atom is -0.459 e. The van der Waals surface area contributed by atoms with Gasteiger partial charge in [0.05, 0.1) is 19.1 Å². The first-order valence-corrected chi connectivity index (χ1v) is 7.34. The van der Waals surface area contributed by atoms with E-state index in [1.165, 1.54) is 17.7 Å². The SMILES string of the molecule is C[C@H](NC(=O)C[NH+]1CCCC1)c1cc2ccccc2o1. The van der Waals surface area contributed by atoms with E-state index in [0.717, 1.165) is 29.8 Å². The molecule has 4 nitrogen and oxygen atoms in total. The highest BCUT2D eigenvalue weighted by atomic mass is 16.3. The molecule has 1 atom stereocenters. The zero-order chi connectivity index (χ0) is 13.9. The Morgan fingerprint density at radius 3 is 2.85 bits per heavy atom. The second-order valence-corrected chi connectivity index (χ2v) is 5.61. The van der Waals surface area contributed by atoms with Gasteiger partial charge in [-0.1, -0.05) is 18.2 Å². The summed E-state index contributed by atoms with van der Waals surface area (Å²) in [5.41, 5.74) is 0.869. The molecule has 1 amide bonds. The summed E-state index contributed by atoms with van der Waals surface area (Å²) in [6, 6.07) is 9.82. The third-order valence-electron chi connectivity index (χ3n) is 3.97. The quantitative estimate of drug-likeness (QED) is 0.882. The molecule has 0 unspecified atom stereocenters. The molecule has 0 spiro atoms. The van der Waals surface area contributed by atoms with Crippen LogP contribution in [0.25, 0.3) is 11.0 Å². The number of carbonyl (C=O) groups excluding carboxylic acids is 1. The van der Waals surface area contributed by atoms with Crippen LogP contribution in [0.15, 0.2) is 34.7 Å². The van der Waals surface area contributed by atoms with Crippen molar-refractivity contribution in [3.05, 3.63) is 36.1 Å². The van der Waals surface area contributed by atoms with Gasteiger partial charge in [-0.3, -0.25) is 4.79 Å². The molecule has 1 fully saturated rings.